The second-order valence-electron chi connectivity index (χ2n) is 6.17. The second-order valence-corrected chi connectivity index (χ2v) is 8.97. The van der Waals surface area contributed by atoms with Crippen LogP contribution in [0.3, 0.4) is 0 Å². The Morgan fingerprint density at radius 1 is 1.18 bits per heavy atom. The van der Waals surface area contributed by atoms with Gasteiger partial charge in [-0.1, -0.05) is 36.0 Å². The molecule has 28 heavy (non-hydrogen) atoms. The summed E-state index contributed by atoms with van der Waals surface area (Å²) in [6.45, 7) is 3.48. The van der Waals surface area contributed by atoms with E-state index in [4.69, 9.17) is 0 Å². The van der Waals surface area contributed by atoms with Gasteiger partial charge >= 0.3 is 0 Å². The van der Waals surface area contributed by atoms with Crippen LogP contribution in [0.2, 0.25) is 0 Å². The molecule has 3 aromatic heterocycles. The van der Waals surface area contributed by atoms with Crippen LogP contribution in [0, 0.1) is 0 Å². The Labute approximate surface area is 175 Å². The van der Waals surface area contributed by atoms with Gasteiger partial charge in [0.25, 0.3) is 0 Å². The van der Waals surface area contributed by atoms with Gasteiger partial charge in [0.2, 0.25) is 5.91 Å². The maximum Gasteiger partial charge on any atom is 0.230 e. The maximum atomic E-state index is 12.3. The molecule has 5 nitrogen and oxygen atoms in total. The monoisotopic (exact) mass is 428 g/mol. The highest BCUT2D eigenvalue weighted by Crippen LogP contribution is 2.27. The zero-order valence-electron chi connectivity index (χ0n) is 15.4. The summed E-state index contributed by atoms with van der Waals surface area (Å²) in [4.78, 5) is 13.4. The fourth-order valence-electron chi connectivity index (χ4n) is 3.01. The molecule has 0 bridgehead atoms. The average Bonchev–Trinajstić information content (AvgIpc) is 3.45. The van der Waals surface area contributed by atoms with Gasteiger partial charge in [0.1, 0.15) is 0 Å². The quantitative estimate of drug-likeness (QED) is 0.414. The van der Waals surface area contributed by atoms with E-state index in [9.17, 15) is 4.79 Å². The maximum absolute atomic E-state index is 12.3. The molecule has 0 atom stereocenters. The lowest BCUT2D eigenvalue weighted by Gasteiger charge is -2.07. The lowest BCUT2D eigenvalue weighted by atomic mass is 10.1. The number of nitrogens with zero attached hydrogens (tertiary/aromatic N) is 3. The van der Waals surface area contributed by atoms with Crippen LogP contribution in [0.25, 0.3) is 20.8 Å². The van der Waals surface area contributed by atoms with Crippen molar-refractivity contribution in [2.45, 2.75) is 25.0 Å². The molecule has 0 aliphatic carbocycles. The smallest absolute Gasteiger partial charge is 0.230 e. The molecular formula is C20H20N4OS3. The SMILES string of the molecule is CCn1c(SCC(=O)NCCc2csc3ccccc23)nnc1-c1cccs1. The minimum atomic E-state index is 0.0212. The molecule has 0 saturated carbocycles. The average molecular weight is 429 g/mol. The van der Waals surface area contributed by atoms with Gasteiger partial charge in [0.15, 0.2) is 11.0 Å². The summed E-state index contributed by atoms with van der Waals surface area (Å²) in [7, 11) is 0. The van der Waals surface area contributed by atoms with Crippen molar-refractivity contribution >= 4 is 50.4 Å². The van der Waals surface area contributed by atoms with E-state index in [-0.39, 0.29) is 5.91 Å². The third kappa shape index (κ3) is 4.14. The van der Waals surface area contributed by atoms with Crippen LogP contribution in [0.4, 0.5) is 0 Å². The standard InChI is InChI=1S/C20H20N4OS3/c1-2-24-19(17-8-5-11-26-17)22-23-20(24)28-13-18(25)21-10-9-14-12-27-16-7-4-3-6-15(14)16/h3-8,11-12H,2,9-10,13H2,1H3,(H,21,25). The number of thiophene rings is 2. The van der Waals surface area contributed by atoms with E-state index in [1.807, 2.05) is 17.5 Å². The number of carbonyl (C=O) groups is 1. The van der Waals surface area contributed by atoms with E-state index in [2.05, 4.69) is 56.7 Å². The first-order valence-electron chi connectivity index (χ1n) is 9.08. The Morgan fingerprint density at radius 2 is 2.07 bits per heavy atom. The number of carbonyl (C=O) groups excluding carboxylic acids is 1. The van der Waals surface area contributed by atoms with Crippen molar-refractivity contribution in [3.8, 4) is 10.7 Å². The van der Waals surface area contributed by atoms with Crippen molar-refractivity contribution in [2.75, 3.05) is 12.3 Å². The number of benzene rings is 1. The Morgan fingerprint density at radius 3 is 2.89 bits per heavy atom. The normalized spacial score (nSPS) is 11.2. The van der Waals surface area contributed by atoms with Crippen molar-refractivity contribution in [1.82, 2.24) is 20.1 Å². The molecule has 3 heterocycles. The van der Waals surface area contributed by atoms with Crippen molar-refractivity contribution in [2.24, 2.45) is 0 Å². The molecule has 0 radical (unpaired) electrons. The van der Waals surface area contributed by atoms with E-state index in [1.54, 1.807) is 22.7 Å². The second kappa shape index (κ2) is 8.89. The van der Waals surface area contributed by atoms with Gasteiger partial charge in [-0.2, -0.15) is 0 Å². The van der Waals surface area contributed by atoms with Gasteiger partial charge in [-0.3, -0.25) is 4.79 Å². The third-order valence-corrected chi connectivity index (χ3v) is 7.23. The number of thioether (sulfide) groups is 1. The van der Waals surface area contributed by atoms with E-state index in [1.165, 1.54) is 27.4 Å². The van der Waals surface area contributed by atoms with Gasteiger partial charge in [-0.25, -0.2) is 0 Å². The summed E-state index contributed by atoms with van der Waals surface area (Å²) in [6, 6.07) is 12.4. The van der Waals surface area contributed by atoms with Crippen molar-refractivity contribution in [1.29, 1.82) is 0 Å². The summed E-state index contributed by atoms with van der Waals surface area (Å²) < 4.78 is 3.35. The van der Waals surface area contributed by atoms with Crippen LogP contribution in [0.15, 0.2) is 52.3 Å². The summed E-state index contributed by atoms with van der Waals surface area (Å²) in [5, 5.41) is 17.9. The molecule has 4 rings (SSSR count). The Balaban J connectivity index is 1.30. The Bertz CT molecular complexity index is 1070. The topological polar surface area (TPSA) is 59.8 Å². The van der Waals surface area contributed by atoms with E-state index in [0.29, 0.717) is 12.3 Å². The third-order valence-electron chi connectivity index (χ3n) is 4.38. The predicted octanol–water partition coefficient (Wildman–Crippen LogP) is 4.69. The zero-order valence-corrected chi connectivity index (χ0v) is 17.9. The first kappa shape index (κ1) is 19.2. The first-order chi connectivity index (χ1) is 13.8. The number of hydrogen-bond donors (Lipinski definition) is 1. The minimum Gasteiger partial charge on any atom is -0.355 e. The van der Waals surface area contributed by atoms with Crippen LogP contribution in [0.1, 0.15) is 12.5 Å². The molecule has 0 aliphatic rings. The number of hydrogen-bond acceptors (Lipinski definition) is 6. The highest BCUT2D eigenvalue weighted by molar-refractivity contribution is 7.99. The number of nitrogens with one attached hydrogen (secondary N) is 1. The van der Waals surface area contributed by atoms with Gasteiger partial charge in [-0.05, 0) is 47.2 Å². The molecule has 1 aromatic carbocycles. The first-order valence-corrected chi connectivity index (χ1v) is 11.8. The predicted molar refractivity (Wildman–Crippen MR) is 118 cm³/mol. The summed E-state index contributed by atoms with van der Waals surface area (Å²) >= 11 is 4.83. The molecular weight excluding hydrogens is 408 g/mol. The number of rotatable bonds is 8. The van der Waals surface area contributed by atoms with E-state index in [0.717, 1.165) is 28.8 Å². The van der Waals surface area contributed by atoms with Crippen LogP contribution in [-0.4, -0.2) is 33.0 Å². The molecule has 8 heteroatoms. The van der Waals surface area contributed by atoms with Crippen LogP contribution >= 0.6 is 34.4 Å². The number of fused-ring (bicyclic) bond motifs is 1. The van der Waals surface area contributed by atoms with Crippen molar-refractivity contribution in [3.63, 3.8) is 0 Å². The summed E-state index contributed by atoms with van der Waals surface area (Å²) in [5.41, 5.74) is 1.29. The minimum absolute atomic E-state index is 0.0212. The lowest BCUT2D eigenvalue weighted by molar-refractivity contribution is -0.118. The largest absolute Gasteiger partial charge is 0.355 e. The van der Waals surface area contributed by atoms with Gasteiger partial charge in [-0.15, -0.1) is 32.9 Å². The van der Waals surface area contributed by atoms with E-state index < -0.39 is 0 Å². The van der Waals surface area contributed by atoms with Gasteiger partial charge in [0.05, 0.1) is 10.6 Å². The van der Waals surface area contributed by atoms with Crippen LogP contribution < -0.4 is 5.32 Å². The van der Waals surface area contributed by atoms with Gasteiger partial charge in [0, 0.05) is 17.8 Å². The molecule has 1 amide bonds. The highest BCUT2D eigenvalue weighted by atomic mass is 32.2. The summed E-state index contributed by atoms with van der Waals surface area (Å²) in [6.07, 6.45) is 0.841. The highest BCUT2D eigenvalue weighted by Gasteiger charge is 2.15. The molecule has 0 aliphatic heterocycles. The fourth-order valence-corrected chi connectivity index (χ4v) is 5.56. The molecule has 0 unspecified atom stereocenters. The fraction of sp³-hybridized carbons (Fsp3) is 0.250. The Kier molecular flexibility index (Phi) is 6.09. The molecule has 0 spiro atoms. The molecule has 4 aromatic rings. The zero-order chi connectivity index (χ0) is 19.3. The summed E-state index contributed by atoms with van der Waals surface area (Å²) in [5.74, 6) is 1.23. The van der Waals surface area contributed by atoms with Crippen LogP contribution in [-0.2, 0) is 17.8 Å². The number of amides is 1. The molecule has 0 saturated heterocycles. The van der Waals surface area contributed by atoms with Gasteiger partial charge < -0.3 is 9.88 Å². The molecule has 1 N–H and O–H groups in total. The number of aromatic nitrogens is 3. The van der Waals surface area contributed by atoms with Crippen molar-refractivity contribution in [3.05, 3.63) is 52.7 Å². The Hall–Kier alpha value is -2.16. The molecule has 144 valence electrons. The lowest BCUT2D eigenvalue weighted by Crippen LogP contribution is -2.27. The van der Waals surface area contributed by atoms with E-state index >= 15 is 0 Å². The van der Waals surface area contributed by atoms with Crippen LogP contribution in [0.5, 0.6) is 0 Å². The van der Waals surface area contributed by atoms with Crippen molar-refractivity contribution < 1.29 is 4.79 Å². The molecule has 0 fully saturated rings.